The van der Waals surface area contributed by atoms with Crippen LogP contribution < -0.4 is 20.1 Å². The van der Waals surface area contributed by atoms with Gasteiger partial charge in [0.1, 0.15) is 13.2 Å². The number of anilines is 1. The molecule has 2 aromatic rings. The molecule has 0 aromatic heterocycles. The number of nitrogens with zero attached hydrogens (tertiary/aromatic N) is 1. The largest absolute Gasteiger partial charge is 0.486 e. The smallest absolute Gasteiger partial charge is 0.319 e. The van der Waals surface area contributed by atoms with Gasteiger partial charge in [-0.3, -0.25) is 0 Å². The van der Waals surface area contributed by atoms with E-state index in [1.165, 1.54) is 11.6 Å². The van der Waals surface area contributed by atoms with E-state index >= 15 is 0 Å². The van der Waals surface area contributed by atoms with Crippen molar-refractivity contribution in [1.29, 1.82) is 0 Å². The van der Waals surface area contributed by atoms with Gasteiger partial charge in [0.2, 0.25) is 0 Å². The Hall–Kier alpha value is -2.87. The summed E-state index contributed by atoms with van der Waals surface area (Å²) in [7, 11) is 2.13. The Morgan fingerprint density at radius 3 is 2.69 bits per heavy atom. The van der Waals surface area contributed by atoms with E-state index in [-0.39, 0.29) is 23.2 Å². The number of benzene rings is 2. The minimum atomic E-state index is -0.989. The first-order valence-corrected chi connectivity index (χ1v) is 11.1. The Labute approximate surface area is 185 Å². The van der Waals surface area contributed by atoms with Crippen molar-refractivity contribution >= 4 is 11.7 Å². The zero-order chi connectivity index (χ0) is 22.3. The highest BCUT2D eigenvalue weighted by atomic mass is 19.2. The van der Waals surface area contributed by atoms with Crippen molar-refractivity contribution in [1.82, 2.24) is 10.2 Å². The number of likely N-dealkylation sites (tertiary alicyclic amines) is 1. The van der Waals surface area contributed by atoms with Gasteiger partial charge < -0.3 is 25.0 Å². The predicted molar refractivity (Wildman–Crippen MR) is 116 cm³/mol. The lowest BCUT2D eigenvalue weighted by atomic mass is 9.65. The lowest BCUT2D eigenvalue weighted by Crippen LogP contribution is -2.52. The van der Waals surface area contributed by atoms with Crippen LogP contribution in [0.25, 0.3) is 0 Å². The molecule has 0 spiro atoms. The van der Waals surface area contributed by atoms with Crippen LogP contribution in [0.15, 0.2) is 36.4 Å². The molecule has 2 heterocycles. The molecule has 1 aliphatic carbocycles. The number of hydrogen-bond donors (Lipinski definition) is 2. The summed E-state index contributed by atoms with van der Waals surface area (Å²) < 4.78 is 38.0. The minimum Gasteiger partial charge on any atom is -0.486 e. The molecule has 2 aliphatic heterocycles. The van der Waals surface area contributed by atoms with Gasteiger partial charge in [-0.1, -0.05) is 6.07 Å². The van der Waals surface area contributed by atoms with Crippen LogP contribution in [-0.4, -0.2) is 49.8 Å². The van der Waals surface area contributed by atoms with Crippen molar-refractivity contribution in [3.8, 4) is 11.5 Å². The summed E-state index contributed by atoms with van der Waals surface area (Å²) in [6.45, 7) is 2.13. The van der Waals surface area contributed by atoms with E-state index in [0.717, 1.165) is 55.9 Å². The maximum absolute atomic E-state index is 13.4. The van der Waals surface area contributed by atoms with Gasteiger partial charge in [-0.15, -0.1) is 0 Å². The molecule has 3 aliphatic rings. The first-order valence-electron chi connectivity index (χ1n) is 11.1. The van der Waals surface area contributed by atoms with Gasteiger partial charge in [0.05, 0.1) is 0 Å². The molecule has 170 valence electrons. The summed E-state index contributed by atoms with van der Waals surface area (Å²) in [5.74, 6) is -0.327. The molecular weight excluding hydrogens is 416 g/mol. The number of rotatable bonds is 3. The minimum absolute atomic E-state index is 0.00354. The number of urea groups is 1. The second kappa shape index (κ2) is 8.24. The number of hydrogen-bond acceptors (Lipinski definition) is 4. The SMILES string of the molecule is CN1CC[C@]2(c3ccc4c(c3)OCCO4)CC[C@@H](NC(=O)Nc3ccc(F)c(F)c3)C[C@H]12. The van der Waals surface area contributed by atoms with Crippen molar-refractivity contribution in [3.05, 3.63) is 53.6 Å². The number of likely N-dealkylation sites (N-methyl/N-ethyl adjacent to an activating group) is 1. The van der Waals surface area contributed by atoms with Gasteiger partial charge in [-0.2, -0.15) is 0 Å². The van der Waals surface area contributed by atoms with Gasteiger partial charge in [0.25, 0.3) is 0 Å². The highest BCUT2D eigenvalue weighted by Crippen LogP contribution is 2.50. The van der Waals surface area contributed by atoms with Crippen LogP contribution in [0.5, 0.6) is 11.5 Å². The summed E-state index contributed by atoms with van der Waals surface area (Å²) in [4.78, 5) is 14.9. The fourth-order valence-electron chi connectivity index (χ4n) is 5.53. The fraction of sp³-hybridized carbons (Fsp3) is 0.458. The first-order chi connectivity index (χ1) is 15.4. The highest BCUT2D eigenvalue weighted by molar-refractivity contribution is 5.89. The molecule has 1 saturated carbocycles. The summed E-state index contributed by atoms with van der Waals surface area (Å²) >= 11 is 0. The quantitative estimate of drug-likeness (QED) is 0.751. The molecule has 0 bridgehead atoms. The maximum atomic E-state index is 13.4. The van der Waals surface area contributed by atoms with Gasteiger partial charge in [-0.05, 0) is 69.1 Å². The molecule has 32 heavy (non-hydrogen) atoms. The fourth-order valence-corrected chi connectivity index (χ4v) is 5.53. The average molecular weight is 443 g/mol. The number of ether oxygens (including phenoxy) is 2. The molecular formula is C24H27F2N3O3. The Morgan fingerprint density at radius 2 is 1.88 bits per heavy atom. The van der Waals surface area contributed by atoms with Crippen LogP contribution in [0.4, 0.5) is 19.3 Å². The predicted octanol–water partition coefficient (Wildman–Crippen LogP) is 4.05. The van der Waals surface area contributed by atoms with E-state index < -0.39 is 17.7 Å². The van der Waals surface area contributed by atoms with Crippen LogP contribution in [-0.2, 0) is 5.41 Å². The van der Waals surface area contributed by atoms with Crippen molar-refractivity contribution in [2.45, 2.75) is 43.2 Å². The molecule has 0 radical (unpaired) electrons. The Morgan fingerprint density at radius 1 is 1.06 bits per heavy atom. The van der Waals surface area contributed by atoms with Crippen LogP contribution in [0, 0.1) is 11.6 Å². The third-order valence-electron chi connectivity index (χ3n) is 7.16. The third kappa shape index (κ3) is 3.77. The van der Waals surface area contributed by atoms with Crippen LogP contribution in [0.1, 0.15) is 31.2 Å². The maximum Gasteiger partial charge on any atom is 0.319 e. The van der Waals surface area contributed by atoms with Gasteiger partial charge in [0, 0.05) is 29.3 Å². The number of halogens is 2. The normalized spacial score (nSPS) is 27.0. The van der Waals surface area contributed by atoms with E-state index in [2.05, 4.69) is 34.7 Å². The molecule has 5 rings (SSSR count). The Balaban J connectivity index is 1.29. The van der Waals surface area contributed by atoms with Crippen LogP contribution >= 0.6 is 0 Å². The monoisotopic (exact) mass is 443 g/mol. The molecule has 0 unspecified atom stereocenters. The van der Waals surface area contributed by atoms with E-state index in [4.69, 9.17) is 9.47 Å². The molecule has 2 N–H and O–H groups in total. The summed E-state index contributed by atoms with van der Waals surface area (Å²) in [5.41, 5.74) is 1.50. The second-order valence-electron chi connectivity index (χ2n) is 8.96. The average Bonchev–Trinajstić information content (AvgIpc) is 3.13. The molecule has 2 fully saturated rings. The van der Waals surface area contributed by atoms with E-state index in [1.807, 2.05) is 6.07 Å². The van der Waals surface area contributed by atoms with Gasteiger partial charge in [-0.25, -0.2) is 13.6 Å². The standard InChI is InChI=1S/C24H27F2N3O3/c1-29-9-8-24(15-2-5-20-21(12-15)32-11-10-31-20)7-6-17(14-22(24)29)28-23(30)27-16-3-4-18(25)19(26)13-16/h2-5,12-13,17,22H,6-11,14H2,1H3,(H2,27,28,30)/t17-,22+,24+/m1/s1. The van der Waals surface area contributed by atoms with Crippen LogP contribution in [0.3, 0.4) is 0 Å². The molecule has 3 atom stereocenters. The topological polar surface area (TPSA) is 62.8 Å². The number of amides is 2. The first kappa shape index (κ1) is 21.0. The highest BCUT2D eigenvalue weighted by Gasteiger charge is 2.50. The molecule has 2 aromatic carbocycles. The summed E-state index contributed by atoms with van der Waals surface area (Å²) in [6.07, 6.45) is 3.65. The van der Waals surface area contributed by atoms with E-state index in [1.54, 1.807) is 0 Å². The summed E-state index contributed by atoms with van der Waals surface area (Å²) in [5, 5.41) is 5.62. The zero-order valence-electron chi connectivity index (χ0n) is 18.0. The molecule has 1 saturated heterocycles. The van der Waals surface area contributed by atoms with E-state index in [0.29, 0.717) is 13.2 Å². The van der Waals surface area contributed by atoms with Gasteiger partial charge in [0.15, 0.2) is 23.1 Å². The van der Waals surface area contributed by atoms with Crippen molar-refractivity contribution in [3.63, 3.8) is 0 Å². The molecule has 8 heteroatoms. The number of fused-ring (bicyclic) bond motifs is 2. The number of nitrogens with one attached hydrogen (secondary N) is 2. The van der Waals surface area contributed by atoms with Crippen LogP contribution in [0.2, 0.25) is 0 Å². The number of carbonyl (C=O) groups is 1. The summed E-state index contributed by atoms with van der Waals surface area (Å²) in [6, 6.07) is 9.49. The lowest BCUT2D eigenvalue weighted by Gasteiger charge is -2.45. The van der Waals surface area contributed by atoms with Gasteiger partial charge >= 0.3 is 6.03 Å². The second-order valence-corrected chi connectivity index (χ2v) is 8.96. The van der Waals surface area contributed by atoms with Crippen molar-refractivity contribution in [2.75, 3.05) is 32.1 Å². The number of carbonyl (C=O) groups excluding carboxylic acids is 1. The molecule has 2 amide bonds. The van der Waals surface area contributed by atoms with E-state index in [9.17, 15) is 13.6 Å². The zero-order valence-corrected chi connectivity index (χ0v) is 18.0. The Bertz CT molecular complexity index is 1030. The third-order valence-corrected chi connectivity index (χ3v) is 7.16. The Kier molecular flexibility index (Phi) is 5.41. The molecule has 6 nitrogen and oxygen atoms in total. The van der Waals surface area contributed by atoms with Crippen molar-refractivity contribution < 1.29 is 23.0 Å². The van der Waals surface area contributed by atoms with Crippen molar-refractivity contribution in [2.24, 2.45) is 0 Å². The lowest BCUT2D eigenvalue weighted by molar-refractivity contribution is 0.153.